The van der Waals surface area contributed by atoms with Gasteiger partial charge in [0.1, 0.15) is 11.3 Å². The number of benzene rings is 3. The maximum Gasteiger partial charge on any atom is 0.268 e. The highest BCUT2D eigenvalue weighted by Crippen LogP contribution is 2.28. The fourth-order valence-electron chi connectivity index (χ4n) is 3.10. The Hall–Kier alpha value is -3.37. The number of rotatable bonds is 3. The Labute approximate surface area is 167 Å². The molecule has 28 heavy (non-hydrogen) atoms. The van der Waals surface area contributed by atoms with Crippen LogP contribution >= 0.6 is 11.6 Å². The predicted molar refractivity (Wildman–Crippen MR) is 115 cm³/mol. The molecule has 0 aliphatic carbocycles. The summed E-state index contributed by atoms with van der Waals surface area (Å²) >= 11 is 6.15. The second kappa shape index (κ2) is 7.33. The van der Waals surface area contributed by atoms with Gasteiger partial charge in [-0.1, -0.05) is 48.0 Å². The number of aliphatic imine (C=N–C) groups is 1. The van der Waals surface area contributed by atoms with E-state index in [-0.39, 0.29) is 16.9 Å². The maximum absolute atomic E-state index is 13.2. The van der Waals surface area contributed by atoms with Crippen molar-refractivity contribution in [1.29, 1.82) is 0 Å². The highest BCUT2D eigenvalue weighted by atomic mass is 35.5. The third kappa shape index (κ3) is 3.19. The van der Waals surface area contributed by atoms with Crippen molar-refractivity contribution in [2.45, 2.75) is 6.92 Å². The Morgan fingerprint density at radius 2 is 1.71 bits per heavy atom. The summed E-state index contributed by atoms with van der Waals surface area (Å²) in [6, 6.07) is 22.0. The zero-order valence-electron chi connectivity index (χ0n) is 15.1. The van der Waals surface area contributed by atoms with E-state index in [0.717, 1.165) is 11.3 Å². The minimum atomic E-state index is -0.343. The standard InChI is InChI=1S/C23H17ClN2O2/c1-15-11-12-16(13-20(15)24)25-14-19-22(27)18-9-5-6-10-21(18)26(23(19)28)17-7-3-2-4-8-17/h2-14,27H,1H3. The van der Waals surface area contributed by atoms with Gasteiger partial charge in [-0.15, -0.1) is 0 Å². The number of aromatic hydroxyl groups is 1. The number of aryl methyl sites for hydroxylation is 1. The highest BCUT2D eigenvalue weighted by molar-refractivity contribution is 6.31. The van der Waals surface area contributed by atoms with Crippen molar-refractivity contribution in [3.8, 4) is 11.4 Å². The maximum atomic E-state index is 13.2. The number of hydrogen-bond acceptors (Lipinski definition) is 3. The number of nitrogens with zero attached hydrogens (tertiary/aromatic N) is 2. The van der Waals surface area contributed by atoms with Gasteiger partial charge in [0.05, 0.1) is 11.2 Å². The van der Waals surface area contributed by atoms with Crippen LogP contribution in [-0.4, -0.2) is 15.9 Å². The van der Waals surface area contributed by atoms with Crippen LogP contribution in [0, 0.1) is 6.92 Å². The lowest BCUT2D eigenvalue weighted by Crippen LogP contribution is -2.22. The van der Waals surface area contributed by atoms with Gasteiger partial charge in [0, 0.05) is 22.3 Å². The molecule has 1 N–H and O–H groups in total. The van der Waals surface area contributed by atoms with E-state index >= 15 is 0 Å². The monoisotopic (exact) mass is 388 g/mol. The average molecular weight is 389 g/mol. The number of pyridine rings is 1. The Kier molecular flexibility index (Phi) is 4.72. The molecule has 0 spiro atoms. The SMILES string of the molecule is Cc1ccc(N=Cc2c(O)c3ccccc3n(-c3ccccc3)c2=O)cc1Cl. The lowest BCUT2D eigenvalue weighted by atomic mass is 10.1. The Morgan fingerprint density at radius 1 is 1.00 bits per heavy atom. The molecule has 138 valence electrons. The van der Waals surface area contributed by atoms with Crippen LogP contribution < -0.4 is 5.56 Å². The molecule has 0 saturated carbocycles. The molecule has 0 aliphatic heterocycles. The quantitative estimate of drug-likeness (QED) is 0.477. The molecule has 5 heteroatoms. The number of fused-ring (bicyclic) bond motifs is 1. The van der Waals surface area contributed by atoms with Crippen LogP contribution in [0.25, 0.3) is 16.6 Å². The molecule has 0 fully saturated rings. The molecule has 4 aromatic rings. The lowest BCUT2D eigenvalue weighted by Gasteiger charge is -2.13. The van der Waals surface area contributed by atoms with E-state index in [1.54, 1.807) is 16.7 Å². The van der Waals surface area contributed by atoms with Crippen LogP contribution in [0.4, 0.5) is 5.69 Å². The van der Waals surface area contributed by atoms with E-state index in [0.29, 0.717) is 21.6 Å². The summed E-state index contributed by atoms with van der Waals surface area (Å²) in [5.41, 5.74) is 2.68. The van der Waals surface area contributed by atoms with Crippen molar-refractivity contribution in [2.75, 3.05) is 0 Å². The largest absolute Gasteiger partial charge is 0.506 e. The zero-order chi connectivity index (χ0) is 19.7. The summed E-state index contributed by atoms with van der Waals surface area (Å²) in [5, 5.41) is 11.9. The first kappa shape index (κ1) is 18.0. The molecule has 3 aromatic carbocycles. The highest BCUT2D eigenvalue weighted by Gasteiger charge is 2.15. The van der Waals surface area contributed by atoms with E-state index in [1.807, 2.05) is 67.6 Å². The molecule has 0 amide bonds. The van der Waals surface area contributed by atoms with Crippen molar-refractivity contribution < 1.29 is 5.11 Å². The number of halogens is 1. The van der Waals surface area contributed by atoms with Crippen LogP contribution in [0.15, 0.2) is 82.6 Å². The van der Waals surface area contributed by atoms with Gasteiger partial charge in [0.15, 0.2) is 0 Å². The van der Waals surface area contributed by atoms with E-state index in [2.05, 4.69) is 4.99 Å². The molecule has 4 nitrogen and oxygen atoms in total. The smallest absolute Gasteiger partial charge is 0.268 e. The van der Waals surface area contributed by atoms with Gasteiger partial charge in [0.25, 0.3) is 5.56 Å². The van der Waals surface area contributed by atoms with Crippen LogP contribution in [0.2, 0.25) is 5.02 Å². The normalized spacial score (nSPS) is 11.4. The summed E-state index contributed by atoms with van der Waals surface area (Å²) in [5.74, 6) is -0.0882. The third-order valence-electron chi connectivity index (χ3n) is 4.60. The average Bonchev–Trinajstić information content (AvgIpc) is 2.71. The third-order valence-corrected chi connectivity index (χ3v) is 5.01. The molecule has 0 atom stereocenters. The fourth-order valence-corrected chi connectivity index (χ4v) is 3.27. The van der Waals surface area contributed by atoms with Crippen LogP contribution in [0.1, 0.15) is 11.1 Å². The van der Waals surface area contributed by atoms with Gasteiger partial charge in [0.2, 0.25) is 0 Å². The van der Waals surface area contributed by atoms with Crippen molar-refractivity contribution in [3.63, 3.8) is 0 Å². The Bertz CT molecular complexity index is 1260. The summed E-state index contributed by atoms with van der Waals surface area (Å²) in [6.45, 7) is 1.91. The first-order chi connectivity index (χ1) is 13.6. The van der Waals surface area contributed by atoms with Gasteiger partial charge in [-0.05, 0) is 48.9 Å². The lowest BCUT2D eigenvalue weighted by molar-refractivity contribution is 0.479. The Balaban J connectivity index is 1.95. The molecule has 0 unspecified atom stereocenters. The molecule has 1 heterocycles. The van der Waals surface area contributed by atoms with Crippen molar-refractivity contribution in [1.82, 2.24) is 4.57 Å². The van der Waals surface area contributed by atoms with Crippen LogP contribution in [0.5, 0.6) is 5.75 Å². The van der Waals surface area contributed by atoms with Gasteiger partial charge >= 0.3 is 0 Å². The molecule has 0 aliphatic rings. The second-order valence-corrected chi connectivity index (χ2v) is 6.85. The number of hydrogen-bond donors (Lipinski definition) is 1. The van der Waals surface area contributed by atoms with Gasteiger partial charge in [-0.25, -0.2) is 0 Å². The van der Waals surface area contributed by atoms with Crippen molar-refractivity contribution >= 4 is 34.4 Å². The van der Waals surface area contributed by atoms with Gasteiger partial charge < -0.3 is 5.11 Å². The van der Waals surface area contributed by atoms with Crippen LogP contribution in [0.3, 0.4) is 0 Å². The molecule has 0 saturated heterocycles. The first-order valence-electron chi connectivity index (χ1n) is 8.78. The fraction of sp³-hybridized carbons (Fsp3) is 0.0435. The van der Waals surface area contributed by atoms with E-state index in [4.69, 9.17) is 11.6 Å². The molecule has 0 bridgehead atoms. The molecule has 0 radical (unpaired) electrons. The number of aromatic nitrogens is 1. The number of para-hydroxylation sites is 2. The second-order valence-electron chi connectivity index (χ2n) is 6.45. The first-order valence-corrected chi connectivity index (χ1v) is 9.16. The van der Waals surface area contributed by atoms with E-state index < -0.39 is 0 Å². The summed E-state index contributed by atoms with van der Waals surface area (Å²) in [4.78, 5) is 17.6. The van der Waals surface area contributed by atoms with Crippen molar-refractivity contribution in [2.24, 2.45) is 4.99 Å². The molecule has 4 rings (SSSR count). The Morgan fingerprint density at radius 3 is 2.46 bits per heavy atom. The molecular formula is C23H17ClN2O2. The minimum Gasteiger partial charge on any atom is -0.506 e. The van der Waals surface area contributed by atoms with Crippen molar-refractivity contribution in [3.05, 3.63) is 99.3 Å². The zero-order valence-corrected chi connectivity index (χ0v) is 15.9. The topological polar surface area (TPSA) is 54.6 Å². The summed E-state index contributed by atoms with van der Waals surface area (Å²) < 4.78 is 1.58. The molecule has 1 aromatic heterocycles. The predicted octanol–water partition coefficient (Wildman–Crippen LogP) is 5.41. The summed E-state index contributed by atoms with van der Waals surface area (Å²) in [6.07, 6.45) is 1.39. The van der Waals surface area contributed by atoms with Gasteiger partial charge in [-0.3, -0.25) is 14.4 Å². The van der Waals surface area contributed by atoms with Gasteiger partial charge in [-0.2, -0.15) is 0 Å². The minimum absolute atomic E-state index is 0.0882. The summed E-state index contributed by atoms with van der Waals surface area (Å²) in [7, 11) is 0. The molecular weight excluding hydrogens is 372 g/mol. The van der Waals surface area contributed by atoms with Crippen LogP contribution in [-0.2, 0) is 0 Å². The van der Waals surface area contributed by atoms with E-state index in [1.165, 1.54) is 6.21 Å². The van der Waals surface area contributed by atoms with E-state index in [9.17, 15) is 9.90 Å².